The zero-order valence-electron chi connectivity index (χ0n) is 15.5. The van der Waals surface area contributed by atoms with E-state index in [1.165, 1.54) is 17.0 Å². The summed E-state index contributed by atoms with van der Waals surface area (Å²) in [6.45, 7) is 1.15. The molecule has 0 radical (unpaired) electrons. The van der Waals surface area contributed by atoms with Crippen molar-refractivity contribution in [2.45, 2.75) is 38.2 Å². The first-order chi connectivity index (χ1) is 13.5. The third-order valence-corrected chi connectivity index (χ3v) is 5.20. The molecule has 2 aromatic rings. The molecule has 0 unspecified atom stereocenters. The van der Waals surface area contributed by atoms with Crippen LogP contribution in [-0.2, 0) is 17.4 Å². The van der Waals surface area contributed by atoms with Gasteiger partial charge in [-0.1, -0.05) is 43.3 Å². The van der Waals surface area contributed by atoms with Crippen molar-refractivity contribution >= 4 is 5.91 Å². The zero-order chi connectivity index (χ0) is 21.4. The summed E-state index contributed by atoms with van der Waals surface area (Å²) in [4.78, 5) is 14.1. The molecule has 156 valence electrons. The van der Waals surface area contributed by atoms with Crippen molar-refractivity contribution in [2.24, 2.45) is 5.92 Å². The van der Waals surface area contributed by atoms with Crippen molar-refractivity contribution in [3.63, 3.8) is 0 Å². The first kappa shape index (κ1) is 21.2. The highest BCUT2D eigenvalue weighted by atomic mass is 19.4. The second kappa shape index (κ2) is 7.72. The van der Waals surface area contributed by atoms with Crippen LogP contribution in [-0.4, -0.2) is 23.5 Å². The van der Waals surface area contributed by atoms with Gasteiger partial charge in [-0.15, -0.1) is 0 Å². The van der Waals surface area contributed by atoms with Crippen molar-refractivity contribution in [3.05, 3.63) is 70.8 Å². The third kappa shape index (κ3) is 4.57. The van der Waals surface area contributed by atoms with Crippen LogP contribution in [0.4, 0.5) is 26.3 Å². The number of carbonyl (C=O) groups is 1. The van der Waals surface area contributed by atoms with Crippen molar-refractivity contribution in [3.8, 4) is 0 Å². The van der Waals surface area contributed by atoms with Crippen molar-refractivity contribution in [1.29, 1.82) is 0 Å². The molecule has 0 saturated heterocycles. The largest absolute Gasteiger partial charge is 0.416 e. The molecule has 0 bridgehead atoms. The molecule has 8 heteroatoms. The zero-order valence-corrected chi connectivity index (χ0v) is 15.5. The lowest BCUT2D eigenvalue weighted by molar-refractivity contribution is -0.177. The van der Waals surface area contributed by atoms with E-state index in [1.807, 2.05) is 12.1 Å². The molecule has 0 fully saturated rings. The molecular weight excluding hydrogens is 396 g/mol. The summed E-state index contributed by atoms with van der Waals surface area (Å²) in [6, 6.07) is 10.8. The van der Waals surface area contributed by atoms with Crippen LogP contribution in [0.15, 0.2) is 48.5 Å². The highest BCUT2D eigenvalue weighted by Gasteiger charge is 2.40. The van der Waals surface area contributed by atoms with Gasteiger partial charge in [0.2, 0.25) is 5.91 Å². The Bertz CT molecular complexity index is 872. The van der Waals surface area contributed by atoms with Gasteiger partial charge < -0.3 is 4.90 Å². The van der Waals surface area contributed by atoms with Crippen LogP contribution < -0.4 is 0 Å². The molecule has 0 N–H and O–H groups in total. The minimum atomic E-state index is -4.50. The number of benzene rings is 2. The third-order valence-electron chi connectivity index (χ3n) is 5.20. The summed E-state index contributed by atoms with van der Waals surface area (Å²) in [6.07, 6.45) is -9.23. The molecule has 1 heterocycles. The van der Waals surface area contributed by atoms with E-state index in [0.717, 1.165) is 24.6 Å². The SMILES string of the molecule is C[C@H](CC(=O)N1CCc2ccccc2[C@H]1c1ccc(C(F)(F)F)cc1)C(F)(F)F. The average molecular weight is 415 g/mol. The van der Waals surface area contributed by atoms with Crippen LogP contribution in [0.2, 0.25) is 0 Å². The molecule has 0 aromatic heterocycles. The predicted octanol–water partition coefficient (Wildman–Crippen LogP) is 5.77. The van der Waals surface area contributed by atoms with Gasteiger partial charge in [-0.2, -0.15) is 26.3 Å². The average Bonchev–Trinajstić information content (AvgIpc) is 2.65. The molecule has 3 rings (SSSR count). The maximum Gasteiger partial charge on any atom is 0.416 e. The molecule has 2 atom stereocenters. The predicted molar refractivity (Wildman–Crippen MR) is 95.0 cm³/mol. The molecule has 1 aliphatic heterocycles. The summed E-state index contributed by atoms with van der Waals surface area (Å²) in [5.74, 6) is -2.48. The summed E-state index contributed by atoms with van der Waals surface area (Å²) >= 11 is 0. The number of halogens is 6. The maximum atomic E-state index is 12.9. The van der Waals surface area contributed by atoms with Gasteiger partial charge in [-0.25, -0.2) is 0 Å². The highest BCUT2D eigenvalue weighted by Crippen LogP contribution is 2.38. The lowest BCUT2D eigenvalue weighted by atomic mass is 9.87. The van der Waals surface area contributed by atoms with E-state index >= 15 is 0 Å². The van der Waals surface area contributed by atoms with Gasteiger partial charge >= 0.3 is 12.4 Å². The Morgan fingerprint density at radius 1 is 1.03 bits per heavy atom. The van der Waals surface area contributed by atoms with E-state index in [2.05, 4.69) is 0 Å². The Labute approximate surface area is 164 Å². The monoisotopic (exact) mass is 415 g/mol. The summed E-state index contributed by atoms with van der Waals surface area (Å²) < 4.78 is 77.4. The number of hydrogen-bond acceptors (Lipinski definition) is 1. The van der Waals surface area contributed by atoms with Crippen LogP contribution in [0.1, 0.15) is 41.6 Å². The topological polar surface area (TPSA) is 20.3 Å². The molecule has 1 amide bonds. The Balaban J connectivity index is 1.97. The van der Waals surface area contributed by atoms with Crippen molar-refractivity contribution < 1.29 is 31.1 Å². The first-order valence-electron chi connectivity index (χ1n) is 9.09. The van der Waals surface area contributed by atoms with Gasteiger partial charge in [-0.05, 0) is 35.2 Å². The Kier molecular flexibility index (Phi) is 5.65. The van der Waals surface area contributed by atoms with Gasteiger partial charge in [0.05, 0.1) is 17.5 Å². The van der Waals surface area contributed by atoms with E-state index in [9.17, 15) is 31.1 Å². The van der Waals surface area contributed by atoms with E-state index in [-0.39, 0.29) is 6.54 Å². The van der Waals surface area contributed by atoms with Crippen molar-refractivity contribution in [1.82, 2.24) is 4.90 Å². The molecule has 0 spiro atoms. The van der Waals surface area contributed by atoms with E-state index < -0.39 is 42.2 Å². The molecule has 0 saturated carbocycles. The maximum absolute atomic E-state index is 12.9. The van der Waals surface area contributed by atoms with E-state index in [1.54, 1.807) is 12.1 Å². The standard InChI is InChI=1S/C21H19F6NO/c1-13(20(22,23)24)12-18(29)28-11-10-14-4-2-3-5-17(14)19(28)15-6-8-16(9-7-15)21(25,26)27/h2-9,13,19H,10-12H2,1H3/t13-,19-/m1/s1. The second-order valence-electron chi connectivity index (χ2n) is 7.21. The van der Waals surface area contributed by atoms with Crippen molar-refractivity contribution in [2.75, 3.05) is 6.54 Å². The fourth-order valence-electron chi connectivity index (χ4n) is 3.54. The molecular formula is C21H19F6NO. The van der Waals surface area contributed by atoms with Crippen LogP contribution in [0.3, 0.4) is 0 Å². The van der Waals surface area contributed by atoms with Gasteiger partial charge in [0, 0.05) is 13.0 Å². The summed E-state index contributed by atoms with van der Waals surface area (Å²) in [5.41, 5.74) is 1.24. The Morgan fingerprint density at radius 2 is 1.66 bits per heavy atom. The van der Waals surface area contributed by atoms with Crippen LogP contribution >= 0.6 is 0 Å². The Morgan fingerprint density at radius 3 is 2.24 bits per heavy atom. The van der Waals surface area contributed by atoms with Crippen LogP contribution in [0.25, 0.3) is 0 Å². The van der Waals surface area contributed by atoms with E-state index in [4.69, 9.17) is 0 Å². The molecule has 0 aliphatic carbocycles. The fourth-order valence-corrected chi connectivity index (χ4v) is 3.54. The lowest BCUT2D eigenvalue weighted by Crippen LogP contribution is -2.42. The fraction of sp³-hybridized carbons (Fsp3) is 0.381. The lowest BCUT2D eigenvalue weighted by Gasteiger charge is -2.38. The van der Waals surface area contributed by atoms with Gasteiger partial charge in [-0.3, -0.25) is 4.79 Å². The number of hydrogen-bond donors (Lipinski definition) is 0. The van der Waals surface area contributed by atoms with E-state index in [0.29, 0.717) is 17.5 Å². The summed E-state index contributed by atoms with van der Waals surface area (Å²) in [7, 11) is 0. The number of alkyl halides is 6. The molecule has 2 aromatic carbocycles. The first-order valence-corrected chi connectivity index (χ1v) is 9.09. The van der Waals surface area contributed by atoms with Gasteiger partial charge in [0.25, 0.3) is 0 Å². The van der Waals surface area contributed by atoms with Crippen LogP contribution in [0, 0.1) is 5.92 Å². The van der Waals surface area contributed by atoms with Gasteiger partial charge in [0.15, 0.2) is 0 Å². The second-order valence-corrected chi connectivity index (χ2v) is 7.21. The number of fused-ring (bicyclic) bond motifs is 1. The number of amides is 1. The summed E-state index contributed by atoms with van der Waals surface area (Å²) in [5, 5.41) is 0. The normalized spacial score (nSPS) is 18.3. The smallest absolute Gasteiger partial charge is 0.331 e. The highest BCUT2D eigenvalue weighted by molar-refractivity contribution is 5.78. The minimum Gasteiger partial charge on any atom is -0.331 e. The molecule has 2 nitrogen and oxygen atoms in total. The Hall–Kier alpha value is -2.51. The van der Waals surface area contributed by atoms with Gasteiger partial charge in [0.1, 0.15) is 0 Å². The van der Waals surface area contributed by atoms with Crippen LogP contribution in [0.5, 0.6) is 0 Å². The number of nitrogens with zero attached hydrogens (tertiary/aromatic N) is 1. The molecule has 29 heavy (non-hydrogen) atoms. The number of rotatable bonds is 3. The molecule has 1 aliphatic rings. The number of carbonyl (C=O) groups excluding carboxylic acids is 1. The minimum absolute atomic E-state index is 0.201. The quantitative estimate of drug-likeness (QED) is 0.583.